The van der Waals surface area contributed by atoms with Gasteiger partial charge < -0.3 is 9.64 Å². The van der Waals surface area contributed by atoms with Gasteiger partial charge in [0.05, 0.1) is 23.4 Å². The van der Waals surface area contributed by atoms with Crippen molar-refractivity contribution in [3.63, 3.8) is 0 Å². The Kier molecular flexibility index (Phi) is 5.48. The van der Waals surface area contributed by atoms with Crippen molar-refractivity contribution in [3.05, 3.63) is 54.1 Å². The summed E-state index contributed by atoms with van der Waals surface area (Å²) < 4.78 is 5.58. The minimum Gasteiger partial charge on any atom is -0.426 e. The second-order valence-corrected chi connectivity index (χ2v) is 9.17. The van der Waals surface area contributed by atoms with E-state index in [4.69, 9.17) is 4.74 Å². The van der Waals surface area contributed by atoms with E-state index in [0.717, 1.165) is 36.9 Å². The minimum atomic E-state index is -0.584. The number of ether oxygens (including phenoxy) is 1. The van der Waals surface area contributed by atoms with E-state index in [1.807, 2.05) is 31.2 Å². The van der Waals surface area contributed by atoms with Crippen LogP contribution in [0, 0.1) is 24.7 Å². The molecule has 0 radical (unpaired) electrons. The molecular formula is C26H26N2O5. The van der Waals surface area contributed by atoms with Gasteiger partial charge in [-0.05, 0) is 49.6 Å². The van der Waals surface area contributed by atoms with E-state index in [9.17, 15) is 19.2 Å². The van der Waals surface area contributed by atoms with Crippen LogP contribution in [0.15, 0.2) is 48.5 Å². The van der Waals surface area contributed by atoms with E-state index in [0.29, 0.717) is 5.69 Å². The molecule has 5 rings (SSSR count). The first kappa shape index (κ1) is 21.4. The van der Waals surface area contributed by atoms with Crippen molar-refractivity contribution in [2.45, 2.75) is 39.0 Å². The highest BCUT2D eigenvalue weighted by atomic mass is 16.5. The van der Waals surface area contributed by atoms with Gasteiger partial charge in [0.2, 0.25) is 17.7 Å². The maximum atomic E-state index is 12.9. The van der Waals surface area contributed by atoms with E-state index in [2.05, 4.69) is 0 Å². The zero-order chi connectivity index (χ0) is 23.1. The third kappa shape index (κ3) is 3.92. The molecule has 2 aromatic rings. The molecule has 0 spiro atoms. The lowest BCUT2D eigenvalue weighted by Crippen LogP contribution is -2.31. The van der Waals surface area contributed by atoms with Gasteiger partial charge in [-0.1, -0.05) is 31.0 Å². The number of anilines is 2. The molecule has 2 aromatic carbocycles. The van der Waals surface area contributed by atoms with Crippen LogP contribution < -0.4 is 14.5 Å². The summed E-state index contributed by atoms with van der Waals surface area (Å²) in [7, 11) is 0. The first-order chi connectivity index (χ1) is 15.9. The van der Waals surface area contributed by atoms with Crippen molar-refractivity contribution in [3.8, 4) is 5.75 Å². The highest BCUT2D eigenvalue weighted by Crippen LogP contribution is 2.40. The number of rotatable bonds is 4. The topological polar surface area (TPSA) is 84.0 Å². The van der Waals surface area contributed by atoms with Crippen molar-refractivity contribution < 1.29 is 23.9 Å². The highest BCUT2D eigenvalue weighted by molar-refractivity contribution is 6.22. The highest BCUT2D eigenvalue weighted by Gasteiger charge is 2.48. The number of carbonyl (C=O) groups is 4. The largest absolute Gasteiger partial charge is 0.426 e. The number of nitrogens with zero attached hydrogens (tertiary/aromatic N) is 2. The number of fused-ring (bicyclic) bond motifs is 1. The average Bonchev–Trinajstić information content (AvgIpc) is 3.32. The van der Waals surface area contributed by atoms with Crippen LogP contribution in [0.4, 0.5) is 11.4 Å². The molecule has 1 aliphatic carbocycles. The van der Waals surface area contributed by atoms with Crippen molar-refractivity contribution in [1.82, 2.24) is 0 Å². The van der Waals surface area contributed by atoms with E-state index in [-0.39, 0.29) is 48.3 Å². The Morgan fingerprint density at radius 1 is 0.909 bits per heavy atom. The van der Waals surface area contributed by atoms with Gasteiger partial charge in [0.15, 0.2) is 0 Å². The molecule has 7 nitrogen and oxygen atoms in total. The number of benzene rings is 2. The normalized spacial score (nSPS) is 24.9. The molecule has 3 fully saturated rings. The summed E-state index contributed by atoms with van der Waals surface area (Å²) in [6, 6.07) is 14.1. The molecule has 7 heteroatoms. The molecule has 3 amide bonds. The van der Waals surface area contributed by atoms with Crippen LogP contribution in [0.5, 0.6) is 5.75 Å². The van der Waals surface area contributed by atoms with E-state index >= 15 is 0 Å². The second kappa shape index (κ2) is 8.46. The fourth-order valence-electron chi connectivity index (χ4n) is 5.21. The average molecular weight is 447 g/mol. The van der Waals surface area contributed by atoms with E-state index < -0.39 is 11.9 Å². The van der Waals surface area contributed by atoms with Crippen LogP contribution in [0.2, 0.25) is 0 Å². The molecule has 0 aromatic heterocycles. The summed E-state index contributed by atoms with van der Waals surface area (Å²) in [5, 5.41) is 0. The van der Waals surface area contributed by atoms with Crippen molar-refractivity contribution >= 4 is 35.1 Å². The number of esters is 1. The van der Waals surface area contributed by atoms with Crippen LogP contribution in [0.1, 0.15) is 37.7 Å². The number of hydrogen-bond acceptors (Lipinski definition) is 5. The summed E-state index contributed by atoms with van der Waals surface area (Å²) in [6.45, 7) is 2.21. The Morgan fingerprint density at radius 3 is 2.27 bits per heavy atom. The Labute approximate surface area is 192 Å². The zero-order valence-corrected chi connectivity index (χ0v) is 18.5. The Hall–Kier alpha value is -3.48. The molecule has 0 bridgehead atoms. The number of hydrogen-bond donors (Lipinski definition) is 0. The molecule has 2 heterocycles. The van der Waals surface area contributed by atoms with Crippen LogP contribution in [-0.2, 0) is 19.2 Å². The van der Waals surface area contributed by atoms with Gasteiger partial charge in [0, 0.05) is 24.7 Å². The number of amides is 3. The predicted molar refractivity (Wildman–Crippen MR) is 122 cm³/mol. The molecule has 3 atom stereocenters. The van der Waals surface area contributed by atoms with Crippen molar-refractivity contribution in [2.75, 3.05) is 16.3 Å². The third-order valence-corrected chi connectivity index (χ3v) is 6.91. The van der Waals surface area contributed by atoms with Gasteiger partial charge in [0.25, 0.3) is 0 Å². The van der Waals surface area contributed by atoms with Gasteiger partial charge in [-0.2, -0.15) is 0 Å². The second-order valence-electron chi connectivity index (χ2n) is 9.17. The number of carbonyl (C=O) groups excluding carboxylic acids is 4. The zero-order valence-electron chi connectivity index (χ0n) is 18.5. The fourth-order valence-corrected chi connectivity index (χ4v) is 5.21. The minimum absolute atomic E-state index is 0.0823. The molecule has 3 aliphatic rings. The quantitative estimate of drug-likeness (QED) is 0.407. The lowest BCUT2D eigenvalue weighted by molar-refractivity contribution is -0.139. The Morgan fingerprint density at radius 2 is 1.58 bits per heavy atom. The van der Waals surface area contributed by atoms with Crippen LogP contribution in [-0.4, -0.2) is 30.2 Å². The van der Waals surface area contributed by atoms with Crippen molar-refractivity contribution in [2.24, 2.45) is 17.8 Å². The predicted octanol–water partition coefficient (Wildman–Crippen LogP) is 3.63. The van der Waals surface area contributed by atoms with Gasteiger partial charge >= 0.3 is 5.97 Å². The maximum absolute atomic E-state index is 12.9. The molecule has 0 unspecified atom stereocenters. The smallest absolute Gasteiger partial charge is 0.316 e. The van der Waals surface area contributed by atoms with Crippen molar-refractivity contribution in [1.29, 1.82) is 0 Å². The summed E-state index contributed by atoms with van der Waals surface area (Å²) in [5.41, 5.74) is 2.23. The van der Waals surface area contributed by atoms with Crippen LogP contribution in [0.25, 0.3) is 0 Å². The summed E-state index contributed by atoms with van der Waals surface area (Å²) in [5.74, 6) is -1.75. The van der Waals surface area contributed by atoms with E-state index in [1.54, 1.807) is 29.2 Å². The Bertz CT molecular complexity index is 1120. The summed E-state index contributed by atoms with van der Waals surface area (Å²) in [6.07, 6.45) is 3.50. The van der Waals surface area contributed by atoms with Crippen LogP contribution >= 0.6 is 0 Å². The lowest BCUT2D eigenvalue weighted by atomic mass is 9.81. The Balaban J connectivity index is 1.29. The van der Waals surface area contributed by atoms with Gasteiger partial charge in [0.1, 0.15) is 5.75 Å². The maximum Gasteiger partial charge on any atom is 0.316 e. The number of aryl methyl sites for hydroxylation is 1. The fraction of sp³-hybridized carbons (Fsp3) is 0.385. The molecule has 33 heavy (non-hydrogen) atoms. The standard InChI is InChI=1S/C26H26N2O5/c1-16-6-4-7-18(12-16)27-15-17(13-23(27)29)26(32)33-20-9-5-8-19(14-20)28-24(30)21-10-2-3-11-22(21)25(28)31/h4-9,12,14,17,21-22H,2-3,10-11,13,15H2,1H3/t17-,21-,22-/m0/s1. The molecule has 1 saturated carbocycles. The third-order valence-electron chi connectivity index (χ3n) is 6.91. The van der Waals surface area contributed by atoms with E-state index in [1.165, 1.54) is 4.90 Å². The first-order valence-corrected chi connectivity index (χ1v) is 11.5. The van der Waals surface area contributed by atoms with Gasteiger partial charge in [-0.25, -0.2) is 4.90 Å². The molecular weight excluding hydrogens is 420 g/mol. The number of imide groups is 1. The molecule has 2 aliphatic heterocycles. The van der Waals surface area contributed by atoms with Gasteiger partial charge in [-0.3, -0.25) is 19.2 Å². The SMILES string of the molecule is Cc1cccc(N2C[C@@H](C(=O)Oc3cccc(N4C(=O)[C@H]5CCCC[C@@H]5C4=O)c3)CC2=O)c1. The molecule has 2 saturated heterocycles. The molecule has 170 valence electrons. The monoisotopic (exact) mass is 446 g/mol. The summed E-state index contributed by atoms with van der Waals surface area (Å²) in [4.78, 5) is 53.9. The lowest BCUT2D eigenvalue weighted by Gasteiger charge is -2.19. The first-order valence-electron chi connectivity index (χ1n) is 11.5. The van der Waals surface area contributed by atoms with Crippen LogP contribution in [0.3, 0.4) is 0 Å². The summed E-state index contributed by atoms with van der Waals surface area (Å²) >= 11 is 0. The molecule has 0 N–H and O–H groups in total. The van der Waals surface area contributed by atoms with Gasteiger partial charge in [-0.15, -0.1) is 0 Å².